The van der Waals surface area contributed by atoms with Crippen molar-refractivity contribution in [1.82, 2.24) is 9.88 Å². The van der Waals surface area contributed by atoms with E-state index >= 15 is 0 Å². The normalized spacial score (nSPS) is 12.2. The van der Waals surface area contributed by atoms with Crippen molar-refractivity contribution in [3.05, 3.63) is 118 Å². The number of para-hydroxylation sites is 1. The summed E-state index contributed by atoms with van der Waals surface area (Å²) in [6.07, 6.45) is 4.08. The minimum absolute atomic E-state index is 0.0276. The van der Waals surface area contributed by atoms with Crippen LogP contribution in [0.4, 0.5) is 4.39 Å². The molecule has 5 aromatic rings. The molecule has 0 bridgehead atoms. The van der Waals surface area contributed by atoms with Crippen molar-refractivity contribution in [2.75, 3.05) is 0 Å². The van der Waals surface area contributed by atoms with Crippen LogP contribution >= 0.6 is 11.3 Å². The number of halogens is 1. The molecule has 0 fully saturated rings. The first-order chi connectivity index (χ1) is 16.2. The predicted molar refractivity (Wildman–Crippen MR) is 129 cm³/mol. The number of thiophene rings is 1. The van der Waals surface area contributed by atoms with Crippen molar-refractivity contribution in [2.45, 2.75) is 25.4 Å². The zero-order valence-corrected chi connectivity index (χ0v) is 18.7. The second-order valence-corrected chi connectivity index (χ2v) is 8.96. The Morgan fingerprint density at radius 2 is 1.88 bits per heavy atom. The number of fused-ring (bicyclic) bond motifs is 1. The van der Waals surface area contributed by atoms with Gasteiger partial charge in [-0.05, 0) is 52.9 Å². The van der Waals surface area contributed by atoms with Crippen molar-refractivity contribution in [3.8, 4) is 0 Å². The Bertz CT molecular complexity index is 1340. The van der Waals surface area contributed by atoms with E-state index in [0.29, 0.717) is 19.5 Å². The van der Waals surface area contributed by atoms with Gasteiger partial charge in [-0.3, -0.25) is 4.79 Å². The van der Waals surface area contributed by atoms with Crippen molar-refractivity contribution < 1.29 is 13.6 Å². The van der Waals surface area contributed by atoms with Gasteiger partial charge in [0.2, 0.25) is 5.91 Å². The molecule has 3 heterocycles. The lowest BCUT2D eigenvalue weighted by Gasteiger charge is -2.15. The molecule has 3 aromatic heterocycles. The van der Waals surface area contributed by atoms with E-state index in [4.69, 9.17) is 4.42 Å². The van der Waals surface area contributed by atoms with Crippen LogP contribution in [-0.2, 0) is 17.9 Å². The van der Waals surface area contributed by atoms with Gasteiger partial charge in [0.15, 0.2) is 0 Å². The third-order valence-corrected chi connectivity index (χ3v) is 6.76. The molecule has 0 aliphatic heterocycles. The van der Waals surface area contributed by atoms with Crippen LogP contribution in [0.1, 0.15) is 34.1 Å². The van der Waals surface area contributed by atoms with E-state index in [1.165, 1.54) is 12.1 Å². The van der Waals surface area contributed by atoms with Crippen molar-refractivity contribution in [2.24, 2.45) is 0 Å². The van der Waals surface area contributed by atoms with Gasteiger partial charge in [0, 0.05) is 40.9 Å². The molecule has 5 rings (SSSR count). The Kier molecular flexibility index (Phi) is 6.09. The fourth-order valence-corrected chi connectivity index (χ4v) is 5.03. The highest BCUT2D eigenvalue weighted by molar-refractivity contribution is 7.10. The summed E-state index contributed by atoms with van der Waals surface area (Å²) >= 11 is 1.66. The molecule has 2 aromatic carbocycles. The third kappa shape index (κ3) is 4.76. The monoisotopic (exact) mass is 458 g/mol. The maximum absolute atomic E-state index is 13.4. The molecule has 33 heavy (non-hydrogen) atoms. The molecule has 1 amide bonds. The minimum atomic E-state index is -0.241. The maximum Gasteiger partial charge on any atom is 0.221 e. The number of hydrogen-bond acceptors (Lipinski definition) is 3. The van der Waals surface area contributed by atoms with E-state index in [1.54, 1.807) is 17.6 Å². The largest absolute Gasteiger partial charge is 0.467 e. The molecular weight excluding hydrogens is 435 g/mol. The molecule has 0 aliphatic rings. The standard InChI is InChI=1S/C27H23FN2O2S/c28-20-11-9-19(10-12-20)17-30-18-24(22-6-1-2-7-25(22)30)23(26-8-4-14-33-26)15-27(31)29-16-21-5-3-13-32-21/h1-14,18,23H,15-17H2,(H,29,31). The molecule has 1 N–H and O–H groups in total. The van der Waals surface area contributed by atoms with E-state index in [1.807, 2.05) is 47.8 Å². The fourth-order valence-electron chi connectivity index (χ4n) is 4.18. The van der Waals surface area contributed by atoms with Gasteiger partial charge in [-0.15, -0.1) is 11.3 Å². The highest BCUT2D eigenvalue weighted by atomic mass is 32.1. The topological polar surface area (TPSA) is 47.2 Å². The van der Waals surface area contributed by atoms with Gasteiger partial charge in [-0.2, -0.15) is 0 Å². The number of nitrogens with one attached hydrogen (secondary N) is 1. The van der Waals surface area contributed by atoms with Gasteiger partial charge in [0.05, 0.1) is 12.8 Å². The number of aromatic nitrogens is 1. The van der Waals surface area contributed by atoms with E-state index in [0.717, 1.165) is 32.7 Å². The molecule has 0 radical (unpaired) electrons. The summed E-state index contributed by atoms with van der Waals surface area (Å²) in [5.41, 5.74) is 3.23. The van der Waals surface area contributed by atoms with Gasteiger partial charge in [-0.1, -0.05) is 36.4 Å². The SMILES string of the molecule is O=C(CC(c1cccs1)c1cn(Cc2ccc(F)cc2)c2ccccc12)NCc1ccco1. The second kappa shape index (κ2) is 9.46. The summed E-state index contributed by atoms with van der Waals surface area (Å²) in [7, 11) is 0. The van der Waals surface area contributed by atoms with E-state index in [9.17, 15) is 9.18 Å². The summed E-state index contributed by atoms with van der Waals surface area (Å²) in [5.74, 6) is 0.392. The smallest absolute Gasteiger partial charge is 0.221 e. The summed E-state index contributed by atoms with van der Waals surface area (Å²) < 4.78 is 20.9. The quantitative estimate of drug-likeness (QED) is 0.296. The van der Waals surface area contributed by atoms with Crippen molar-refractivity contribution in [3.63, 3.8) is 0 Å². The van der Waals surface area contributed by atoms with Gasteiger partial charge in [0.25, 0.3) is 0 Å². The lowest BCUT2D eigenvalue weighted by Crippen LogP contribution is -2.24. The molecule has 166 valence electrons. The Labute approximate surface area is 195 Å². The number of hydrogen-bond donors (Lipinski definition) is 1. The summed E-state index contributed by atoms with van der Waals surface area (Å²) in [6, 6.07) is 22.6. The van der Waals surface area contributed by atoms with Crippen LogP contribution in [0.3, 0.4) is 0 Å². The highest BCUT2D eigenvalue weighted by Gasteiger charge is 2.23. The van der Waals surface area contributed by atoms with Crippen LogP contribution in [0.15, 0.2) is 95.1 Å². The average Bonchev–Trinajstić information content (AvgIpc) is 3.60. The van der Waals surface area contributed by atoms with Crippen molar-refractivity contribution in [1.29, 1.82) is 0 Å². The van der Waals surface area contributed by atoms with Crippen LogP contribution in [0.5, 0.6) is 0 Å². The Morgan fingerprint density at radius 3 is 2.64 bits per heavy atom. The molecule has 4 nitrogen and oxygen atoms in total. The number of benzene rings is 2. The number of carbonyl (C=O) groups is 1. The van der Waals surface area contributed by atoms with Gasteiger partial charge in [-0.25, -0.2) is 4.39 Å². The molecular formula is C27H23FN2O2S. The Balaban J connectivity index is 1.47. The van der Waals surface area contributed by atoms with Gasteiger partial charge < -0.3 is 14.3 Å². The second-order valence-electron chi connectivity index (χ2n) is 7.98. The molecule has 1 unspecified atom stereocenters. The Hall–Kier alpha value is -3.64. The van der Waals surface area contributed by atoms with Crippen LogP contribution in [-0.4, -0.2) is 10.5 Å². The highest BCUT2D eigenvalue weighted by Crippen LogP contribution is 2.37. The number of rotatable bonds is 8. The zero-order valence-electron chi connectivity index (χ0n) is 17.9. The molecule has 1 atom stereocenters. The predicted octanol–water partition coefficient (Wildman–Crippen LogP) is 6.32. The molecule has 0 aliphatic carbocycles. The van der Waals surface area contributed by atoms with Gasteiger partial charge >= 0.3 is 0 Å². The van der Waals surface area contributed by atoms with E-state index < -0.39 is 0 Å². The Morgan fingerprint density at radius 1 is 1.03 bits per heavy atom. The molecule has 0 saturated carbocycles. The number of nitrogens with zero attached hydrogens (tertiary/aromatic N) is 1. The van der Waals surface area contributed by atoms with Crippen LogP contribution < -0.4 is 5.32 Å². The summed E-state index contributed by atoms with van der Waals surface area (Å²) in [5, 5.41) is 6.14. The first-order valence-electron chi connectivity index (χ1n) is 10.8. The van der Waals surface area contributed by atoms with Crippen molar-refractivity contribution >= 4 is 28.1 Å². The van der Waals surface area contributed by atoms with Crippen LogP contribution in [0.25, 0.3) is 10.9 Å². The summed E-state index contributed by atoms with van der Waals surface area (Å²) in [6.45, 7) is 0.998. The maximum atomic E-state index is 13.4. The van der Waals surface area contributed by atoms with E-state index in [2.05, 4.69) is 34.3 Å². The minimum Gasteiger partial charge on any atom is -0.467 e. The van der Waals surface area contributed by atoms with Crippen LogP contribution in [0.2, 0.25) is 0 Å². The average molecular weight is 459 g/mol. The van der Waals surface area contributed by atoms with E-state index in [-0.39, 0.29) is 17.6 Å². The third-order valence-electron chi connectivity index (χ3n) is 5.78. The fraction of sp³-hybridized carbons (Fsp3) is 0.148. The molecule has 6 heteroatoms. The number of furan rings is 1. The first-order valence-corrected chi connectivity index (χ1v) is 11.7. The number of carbonyl (C=O) groups excluding carboxylic acids is 1. The zero-order chi connectivity index (χ0) is 22.6. The number of amides is 1. The molecule has 0 spiro atoms. The summed E-state index contributed by atoms with van der Waals surface area (Å²) in [4.78, 5) is 14.0. The first kappa shape index (κ1) is 21.2. The lowest BCUT2D eigenvalue weighted by molar-refractivity contribution is -0.121. The molecule has 0 saturated heterocycles. The van der Waals surface area contributed by atoms with Gasteiger partial charge in [0.1, 0.15) is 11.6 Å². The van der Waals surface area contributed by atoms with Crippen LogP contribution in [0, 0.1) is 5.82 Å². The lowest BCUT2D eigenvalue weighted by atomic mass is 9.93.